The van der Waals surface area contributed by atoms with Crippen LogP contribution >= 0.6 is 0 Å². The molecule has 0 saturated carbocycles. The number of nitrogens with one attached hydrogen (secondary N) is 1. The summed E-state index contributed by atoms with van der Waals surface area (Å²) < 4.78 is 0. The molecule has 17 heavy (non-hydrogen) atoms. The Bertz CT molecular complexity index is 353. The molecule has 0 radical (unpaired) electrons. The van der Waals surface area contributed by atoms with Crippen LogP contribution in [0.4, 0.5) is 0 Å². The Kier molecular flexibility index (Phi) is 4.16. The minimum absolute atomic E-state index is 0.659. The smallest absolute Gasteiger partial charge is 0.0691 e. The average molecular weight is 232 g/mol. The molecule has 0 aromatic carbocycles. The lowest BCUT2D eigenvalue weighted by Crippen LogP contribution is -3.11. The summed E-state index contributed by atoms with van der Waals surface area (Å²) in [5, 5.41) is 0. The van der Waals surface area contributed by atoms with Crippen molar-refractivity contribution in [3.8, 4) is 0 Å². The van der Waals surface area contributed by atoms with Gasteiger partial charge in [-0.3, -0.25) is 4.98 Å². The van der Waals surface area contributed by atoms with E-state index in [1.165, 1.54) is 48.4 Å². The van der Waals surface area contributed by atoms with Crippen molar-refractivity contribution in [3.05, 3.63) is 36.1 Å². The largest absolute Gasteiger partial charge is 0.465 e. The van der Waals surface area contributed by atoms with Crippen molar-refractivity contribution in [2.75, 3.05) is 6.54 Å². The SMILES string of the molecule is [CH2-][NH+]1CCCCCC1Cc1cc(C)cc(C)n1. The first-order chi connectivity index (χ1) is 8.15. The number of hydrogen-bond acceptors (Lipinski definition) is 1. The number of aromatic nitrogens is 1. The number of pyridine rings is 1. The zero-order valence-electron chi connectivity index (χ0n) is 11.1. The van der Waals surface area contributed by atoms with Crippen LogP contribution in [0.2, 0.25) is 0 Å². The second kappa shape index (κ2) is 5.63. The van der Waals surface area contributed by atoms with E-state index in [-0.39, 0.29) is 0 Å². The van der Waals surface area contributed by atoms with E-state index in [0.717, 1.165) is 12.1 Å². The van der Waals surface area contributed by atoms with Gasteiger partial charge >= 0.3 is 0 Å². The summed E-state index contributed by atoms with van der Waals surface area (Å²) in [5.41, 5.74) is 3.71. The molecule has 2 nitrogen and oxygen atoms in total. The number of rotatable bonds is 2. The van der Waals surface area contributed by atoms with Gasteiger partial charge in [0.2, 0.25) is 0 Å². The Hall–Kier alpha value is -0.890. The Morgan fingerprint density at radius 3 is 2.88 bits per heavy atom. The zero-order valence-corrected chi connectivity index (χ0v) is 11.1. The van der Waals surface area contributed by atoms with Gasteiger partial charge in [0.15, 0.2) is 0 Å². The molecule has 1 aliphatic heterocycles. The predicted molar refractivity (Wildman–Crippen MR) is 70.9 cm³/mol. The molecule has 1 aromatic heterocycles. The van der Waals surface area contributed by atoms with Crippen LogP contribution in [-0.2, 0) is 6.42 Å². The van der Waals surface area contributed by atoms with Crippen LogP contribution in [0, 0.1) is 20.9 Å². The third kappa shape index (κ3) is 3.53. The van der Waals surface area contributed by atoms with E-state index < -0.39 is 0 Å². The summed E-state index contributed by atoms with van der Waals surface area (Å²) in [5.74, 6) is 0. The van der Waals surface area contributed by atoms with Gasteiger partial charge < -0.3 is 4.90 Å². The van der Waals surface area contributed by atoms with Crippen LogP contribution in [0.3, 0.4) is 0 Å². The quantitative estimate of drug-likeness (QED) is 0.770. The zero-order chi connectivity index (χ0) is 12.3. The maximum Gasteiger partial charge on any atom is 0.0691 e. The van der Waals surface area contributed by atoms with Crippen LogP contribution in [-0.4, -0.2) is 17.6 Å². The first-order valence-electron chi connectivity index (χ1n) is 6.77. The molecule has 0 bridgehead atoms. The highest BCUT2D eigenvalue weighted by atomic mass is 15.1. The first-order valence-corrected chi connectivity index (χ1v) is 6.77. The maximum atomic E-state index is 4.65. The van der Waals surface area contributed by atoms with Gasteiger partial charge in [0.1, 0.15) is 0 Å². The first kappa shape index (κ1) is 12.6. The number of aryl methyl sites for hydroxylation is 2. The van der Waals surface area contributed by atoms with Gasteiger partial charge in [-0.15, -0.1) is 0 Å². The van der Waals surface area contributed by atoms with Crippen molar-refractivity contribution in [2.24, 2.45) is 0 Å². The molecule has 1 aromatic rings. The molecule has 1 N–H and O–H groups in total. The molecule has 1 saturated heterocycles. The second-order valence-electron chi connectivity index (χ2n) is 5.44. The molecule has 94 valence electrons. The summed E-state index contributed by atoms with van der Waals surface area (Å²) in [6.07, 6.45) is 6.44. The number of hydrogen-bond donors (Lipinski definition) is 1. The lowest BCUT2D eigenvalue weighted by molar-refractivity contribution is -0.880. The predicted octanol–water partition coefficient (Wildman–Crippen LogP) is 1.86. The highest BCUT2D eigenvalue weighted by Gasteiger charge is 2.18. The summed E-state index contributed by atoms with van der Waals surface area (Å²) in [6.45, 7) is 5.45. The van der Waals surface area contributed by atoms with Crippen molar-refractivity contribution >= 4 is 0 Å². The Labute approximate surface area is 105 Å². The van der Waals surface area contributed by atoms with Crippen molar-refractivity contribution in [1.29, 1.82) is 0 Å². The lowest BCUT2D eigenvalue weighted by atomic mass is 10.0. The molecular formula is C15H24N2. The Morgan fingerprint density at radius 1 is 1.29 bits per heavy atom. The van der Waals surface area contributed by atoms with Crippen molar-refractivity contribution in [2.45, 2.75) is 52.0 Å². The highest BCUT2D eigenvalue weighted by molar-refractivity contribution is 5.19. The van der Waals surface area contributed by atoms with E-state index in [0.29, 0.717) is 6.04 Å². The fourth-order valence-corrected chi connectivity index (χ4v) is 2.86. The lowest BCUT2D eigenvalue weighted by Gasteiger charge is -2.29. The van der Waals surface area contributed by atoms with E-state index >= 15 is 0 Å². The van der Waals surface area contributed by atoms with E-state index in [1.54, 1.807) is 0 Å². The van der Waals surface area contributed by atoms with Gasteiger partial charge in [-0.1, -0.05) is 0 Å². The average Bonchev–Trinajstić information content (AvgIpc) is 2.43. The van der Waals surface area contributed by atoms with Gasteiger partial charge in [0.05, 0.1) is 12.6 Å². The number of likely N-dealkylation sites (tertiary alicyclic amines) is 1. The summed E-state index contributed by atoms with van der Waals surface area (Å²) in [7, 11) is 4.27. The molecule has 0 aliphatic carbocycles. The summed E-state index contributed by atoms with van der Waals surface area (Å²) in [6, 6.07) is 5.03. The van der Waals surface area contributed by atoms with E-state index in [2.05, 4.69) is 38.0 Å². The summed E-state index contributed by atoms with van der Waals surface area (Å²) >= 11 is 0. The molecule has 2 heteroatoms. The van der Waals surface area contributed by atoms with Gasteiger partial charge in [0.25, 0.3) is 0 Å². The minimum atomic E-state index is 0.659. The van der Waals surface area contributed by atoms with Gasteiger partial charge in [-0.05, 0) is 57.2 Å². The third-order valence-electron chi connectivity index (χ3n) is 3.73. The monoisotopic (exact) mass is 232 g/mol. The molecule has 1 fully saturated rings. The fourth-order valence-electron chi connectivity index (χ4n) is 2.86. The van der Waals surface area contributed by atoms with Gasteiger partial charge in [-0.2, -0.15) is 7.05 Å². The van der Waals surface area contributed by atoms with Crippen LogP contribution in [0.25, 0.3) is 0 Å². The van der Waals surface area contributed by atoms with Crippen molar-refractivity contribution < 1.29 is 4.90 Å². The second-order valence-corrected chi connectivity index (χ2v) is 5.44. The van der Waals surface area contributed by atoms with E-state index in [9.17, 15) is 0 Å². The molecule has 0 spiro atoms. The molecule has 2 heterocycles. The molecule has 2 rings (SSSR count). The fraction of sp³-hybridized carbons (Fsp3) is 0.600. The number of quaternary nitrogens is 1. The number of nitrogens with zero attached hydrogens (tertiary/aromatic N) is 1. The Balaban J connectivity index is 2.07. The van der Waals surface area contributed by atoms with Crippen molar-refractivity contribution in [3.63, 3.8) is 0 Å². The maximum absolute atomic E-state index is 4.65. The van der Waals surface area contributed by atoms with Crippen molar-refractivity contribution in [1.82, 2.24) is 4.98 Å². The van der Waals surface area contributed by atoms with Gasteiger partial charge in [-0.25, -0.2) is 0 Å². The van der Waals surface area contributed by atoms with Crippen LogP contribution < -0.4 is 4.90 Å². The van der Waals surface area contributed by atoms with Crippen LogP contribution in [0.15, 0.2) is 12.1 Å². The normalized spacial score (nSPS) is 25.6. The van der Waals surface area contributed by atoms with E-state index in [4.69, 9.17) is 0 Å². The molecular weight excluding hydrogens is 208 g/mol. The van der Waals surface area contributed by atoms with Gasteiger partial charge in [0, 0.05) is 17.8 Å². The molecule has 2 atom stereocenters. The van der Waals surface area contributed by atoms with Crippen LogP contribution in [0.1, 0.15) is 42.6 Å². The minimum Gasteiger partial charge on any atom is -0.465 e. The van der Waals surface area contributed by atoms with E-state index in [1.807, 2.05) is 0 Å². The Morgan fingerprint density at radius 2 is 2.12 bits per heavy atom. The molecule has 1 aliphatic rings. The molecule has 2 unspecified atom stereocenters. The summed E-state index contributed by atoms with van der Waals surface area (Å²) in [4.78, 5) is 6.10. The van der Waals surface area contributed by atoms with Crippen LogP contribution in [0.5, 0.6) is 0 Å². The standard InChI is InChI=1S/C15H24N2/c1-12-9-13(2)16-14(10-12)11-15-7-5-4-6-8-17(15)3/h9-10,15,17H,3-8,11H2,1-2H3. The third-order valence-corrected chi connectivity index (χ3v) is 3.73. The highest BCUT2D eigenvalue weighted by Crippen LogP contribution is 2.11. The topological polar surface area (TPSA) is 17.3 Å². The molecule has 0 amide bonds.